The van der Waals surface area contributed by atoms with Crippen molar-refractivity contribution < 1.29 is 28.3 Å². The first-order valence-corrected chi connectivity index (χ1v) is 10.3. The number of piperazine rings is 1. The molecule has 0 bridgehead atoms. The van der Waals surface area contributed by atoms with Crippen LogP contribution in [0.5, 0.6) is 0 Å². The van der Waals surface area contributed by atoms with Crippen LogP contribution in [-0.2, 0) is 20.7 Å². The molecule has 28 heavy (non-hydrogen) atoms. The molecule has 154 valence electrons. The van der Waals surface area contributed by atoms with E-state index in [2.05, 4.69) is 5.32 Å². The van der Waals surface area contributed by atoms with E-state index >= 15 is 0 Å². The second kappa shape index (κ2) is 10.9. The summed E-state index contributed by atoms with van der Waals surface area (Å²) in [5.74, 6) is -1.57. The summed E-state index contributed by atoms with van der Waals surface area (Å²) in [6, 6.07) is 7.70. The van der Waals surface area contributed by atoms with Crippen molar-refractivity contribution in [1.82, 2.24) is 15.1 Å². The quantitative estimate of drug-likeness (QED) is 0.501. The Morgan fingerprint density at radius 1 is 1.11 bits per heavy atom. The zero-order valence-corrected chi connectivity index (χ0v) is 16.3. The summed E-state index contributed by atoms with van der Waals surface area (Å²) in [6.45, 7) is 1.69. The van der Waals surface area contributed by atoms with Crippen LogP contribution in [0, 0.1) is 0 Å². The van der Waals surface area contributed by atoms with E-state index in [0.29, 0.717) is 31.7 Å². The van der Waals surface area contributed by atoms with Crippen molar-refractivity contribution in [1.29, 1.82) is 0 Å². The van der Waals surface area contributed by atoms with Crippen LogP contribution < -0.4 is 5.32 Å². The number of benzene rings is 1. The lowest BCUT2D eigenvalue weighted by atomic mass is 10.1. The number of nitrogens with zero attached hydrogens (tertiary/aromatic N) is 2. The van der Waals surface area contributed by atoms with Gasteiger partial charge in [0.25, 0.3) is 5.91 Å². The molecule has 0 radical (unpaired) electrons. The van der Waals surface area contributed by atoms with Gasteiger partial charge in [-0.2, -0.15) is 0 Å². The highest BCUT2D eigenvalue weighted by Crippen LogP contribution is 2.10. The van der Waals surface area contributed by atoms with Gasteiger partial charge in [-0.25, -0.2) is 4.21 Å². The molecule has 1 aliphatic heterocycles. The van der Waals surface area contributed by atoms with Crippen LogP contribution in [0.25, 0.3) is 0 Å². The van der Waals surface area contributed by atoms with Crippen LogP contribution in [0.4, 0.5) is 0 Å². The van der Waals surface area contributed by atoms with Crippen LogP contribution >= 0.6 is 0 Å². The molecule has 1 heterocycles. The molecule has 2 amide bonds. The van der Waals surface area contributed by atoms with Crippen molar-refractivity contribution in [3.8, 4) is 0 Å². The minimum atomic E-state index is -1.92. The second-order valence-corrected chi connectivity index (χ2v) is 7.47. The predicted molar refractivity (Wildman–Crippen MR) is 103 cm³/mol. The molecule has 0 aromatic heterocycles. The first-order valence-electron chi connectivity index (χ1n) is 9.03. The molecule has 0 spiro atoms. The van der Waals surface area contributed by atoms with E-state index in [4.69, 9.17) is 9.66 Å². The standard InChI is InChI=1S/C18H25N3O6S/c22-16(23)8-4-7-15(19-17(24)14-5-2-1-3-6-14)18(25)21-11-9-20(10-12-21)13-28(26)27/h1-3,5-6,15H,4,7-13H2,(H,19,24)(H,22,23)(H,26,27). The highest BCUT2D eigenvalue weighted by atomic mass is 32.2. The number of carboxylic acids is 1. The van der Waals surface area contributed by atoms with Gasteiger partial charge in [-0.1, -0.05) is 18.2 Å². The van der Waals surface area contributed by atoms with Gasteiger partial charge in [0.15, 0.2) is 11.1 Å². The third-order valence-electron chi connectivity index (χ3n) is 4.50. The van der Waals surface area contributed by atoms with Gasteiger partial charge in [-0.3, -0.25) is 19.3 Å². The van der Waals surface area contributed by atoms with Crippen molar-refractivity contribution in [2.45, 2.75) is 25.3 Å². The molecule has 0 aliphatic carbocycles. The number of hydrogen-bond donors (Lipinski definition) is 3. The van der Waals surface area contributed by atoms with Gasteiger partial charge in [0.2, 0.25) is 5.91 Å². The smallest absolute Gasteiger partial charge is 0.303 e. The van der Waals surface area contributed by atoms with E-state index in [1.54, 1.807) is 40.1 Å². The number of aliphatic carboxylic acids is 1. The minimum Gasteiger partial charge on any atom is -0.481 e. The van der Waals surface area contributed by atoms with Crippen LogP contribution in [0.3, 0.4) is 0 Å². The lowest BCUT2D eigenvalue weighted by Crippen LogP contribution is -2.55. The number of carbonyl (C=O) groups is 3. The van der Waals surface area contributed by atoms with Crippen LogP contribution in [0.15, 0.2) is 30.3 Å². The van der Waals surface area contributed by atoms with Crippen LogP contribution in [-0.4, -0.2) is 79.5 Å². The Balaban J connectivity index is 1.99. The fraction of sp³-hybridized carbons (Fsp3) is 0.500. The van der Waals surface area contributed by atoms with E-state index in [1.165, 1.54) is 0 Å². The van der Waals surface area contributed by atoms with Gasteiger partial charge in [-0.05, 0) is 25.0 Å². The molecular weight excluding hydrogens is 386 g/mol. The average Bonchev–Trinajstić information content (AvgIpc) is 2.67. The number of hydrogen-bond acceptors (Lipinski definition) is 5. The minimum absolute atomic E-state index is 0.0365. The first kappa shape index (κ1) is 22.0. The predicted octanol–water partition coefficient (Wildman–Crippen LogP) is 0.363. The average molecular weight is 411 g/mol. The maximum Gasteiger partial charge on any atom is 0.303 e. The van der Waals surface area contributed by atoms with E-state index in [-0.39, 0.29) is 37.0 Å². The Labute approximate surface area is 166 Å². The normalized spacial score (nSPS) is 17.0. The monoisotopic (exact) mass is 411 g/mol. The van der Waals surface area contributed by atoms with Gasteiger partial charge in [0.1, 0.15) is 11.9 Å². The molecule has 2 unspecified atom stereocenters. The molecule has 1 fully saturated rings. The fourth-order valence-electron chi connectivity index (χ4n) is 3.02. The summed E-state index contributed by atoms with van der Waals surface area (Å²) in [5.41, 5.74) is 0.425. The van der Waals surface area contributed by atoms with E-state index in [9.17, 15) is 18.6 Å². The van der Waals surface area contributed by atoms with Gasteiger partial charge < -0.3 is 19.9 Å². The Bertz CT molecular complexity index is 707. The zero-order valence-electron chi connectivity index (χ0n) is 15.5. The van der Waals surface area contributed by atoms with Crippen molar-refractivity contribution >= 4 is 28.9 Å². The number of carbonyl (C=O) groups excluding carboxylic acids is 2. The van der Waals surface area contributed by atoms with Crippen LogP contribution in [0.1, 0.15) is 29.6 Å². The summed E-state index contributed by atoms with van der Waals surface area (Å²) in [5, 5.41) is 11.6. The largest absolute Gasteiger partial charge is 0.481 e. The van der Waals surface area contributed by atoms with Gasteiger partial charge in [0, 0.05) is 38.2 Å². The molecule has 10 heteroatoms. The summed E-state index contributed by atoms with van der Waals surface area (Å²) in [4.78, 5) is 39.5. The van der Waals surface area contributed by atoms with E-state index in [0.717, 1.165) is 0 Å². The molecule has 1 aromatic carbocycles. The summed E-state index contributed by atoms with van der Waals surface area (Å²) in [7, 11) is 0. The fourth-order valence-corrected chi connectivity index (χ4v) is 3.59. The Kier molecular flexibility index (Phi) is 8.55. The molecular formula is C18H25N3O6S. The van der Waals surface area contributed by atoms with E-state index < -0.39 is 23.1 Å². The SMILES string of the molecule is O=C(O)CCCC(NC(=O)c1ccccc1)C(=O)N1CCN(CS(=O)O)CC1. The van der Waals surface area contributed by atoms with E-state index in [1.807, 2.05) is 0 Å². The lowest BCUT2D eigenvalue weighted by Gasteiger charge is -2.36. The Morgan fingerprint density at radius 3 is 2.32 bits per heavy atom. The topological polar surface area (TPSA) is 127 Å². The molecule has 0 saturated carbocycles. The van der Waals surface area contributed by atoms with Gasteiger partial charge in [-0.15, -0.1) is 0 Å². The highest BCUT2D eigenvalue weighted by Gasteiger charge is 2.29. The van der Waals surface area contributed by atoms with Crippen molar-refractivity contribution in [3.63, 3.8) is 0 Å². The molecule has 3 N–H and O–H groups in total. The highest BCUT2D eigenvalue weighted by molar-refractivity contribution is 7.79. The molecule has 1 aliphatic rings. The molecule has 1 saturated heterocycles. The summed E-state index contributed by atoms with van der Waals surface area (Å²) >= 11 is -1.92. The van der Waals surface area contributed by atoms with Crippen molar-refractivity contribution in [3.05, 3.63) is 35.9 Å². The number of amides is 2. The second-order valence-electron chi connectivity index (χ2n) is 6.57. The zero-order chi connectivity index (χ0) is 20.5. The number of rotatable bonds is 9. The van der Waals surface area contributed by atoms with Gasteiger partial charge >= 0.3 is 5.97 Å². The van der Waals surface area contributed by atoms with Crippen molar-refractivity contribution in [2.75, 3.05) is 32.1 Å². The summed E-state index contributed by atoms with van der Waals surface area (Å²) < 4.78 is 19.9. The van der Waals surface area contributed by atoms with Gasteiger partial charge in [0.05, 0.1) is 0 Å². The lowest BCUT2D eigenvalue weighted by molar-refractivity contribution is -0.138. The first-order chi connectivity index (χ1) is 13.4. The third kappa shape index (κ3) is 7.02. The Hall–Kier alpha value is -2.30. The molecule has 1 aromatic rings. The maximum absolute atomic E-state index is 12.9. The summed E-state index contributed by atoms with van der Waals surface area (Å²) in [6.07, 6.45) is 0.413. The molecule has 9 nitrogen and oxygen atoms in total. The molecule has 2 rings (SSSR count). The third-order valence-corrected chi connectivity index (χ3v) is 5.09. The number of nitrogens with one attached hydrogen (secondary N) is 1. The molecule has 2 atom stereocenters. The Morgan fingerprint density at radius 2 is 1.75 bits per heavy atom. The number of carboxylic acid groups (broad SMARTS) is 1. The maximum atomic E-state index is 12.9. The van der Waals surface area contributed by atoms with Crippen molar-refractivity contribution in [2.24, 2.45) is 0 Å². The van der Waals surface area contributed by atoms with Crippen LogP contribution in [0.2, 0.25) is 0 Å².